The standard InChI is InChI=1S/C13H8N4O/c1-2-4-9(5-3-1)17-13-10(8-16-17)11-12(18-13)15-7-6-14-11/h1-8H. The van der Waals surface area contributed by atoms with Gasteiger partial charge in [-0.25, -0.2) is 14.6 Å². The lowest BCUT2D eigenvalue weighted by Crippen LogP contribution is -1.94. The lowest BCUT2D eigenvalue weighted by molar-refractivity contribution is 0.616. The minimum atomic E-state index is 0.537. The van der Waals surface area contributed by atoms with Crippen molar-refractivity contribution in [2.75, 3.05) is 0 Å². The summed E-state index contributed by atoms with van der Waals surface area (Å²) < 4.78 is 7.45. The number of para-hydroxylation sites is 1. The van der Waals surface area contributed by atoms with E-state index in [0.717, 1.165) is 16.6 Å². The molecule has 4 aromatic rings. The number of fused-ring (bicyclic) bond motifs is 3. The molecule has 0 fully saturated rings. The highest BCUT2D eigenvalue weighted by molar-refractivity contribution is 5.99. The van der Waals surface area contributed by atoms with Crippen molar-refractivity contribution >= 4 is 22.3 Å². The third-order valence-corrected chi connectivity index (χ3v) is 2.84. The summed E-state index contributed by atoms with van der Waals surface area (Å²) >= 11 is 0. The number of hydrogen-bond acceptors (Lipinski definition) is 4. The van der Waals surface area contributed by atoms with Crippen molar-refractivity contribution in [2.45, 2.75) is 0 Å². The summed E-state index contributed by atoms with van der Waals surface area (Å²) in [5, 5.41) is 5.21. The smallest absolute Gasteiger partial charge is 0.248 e. The van der Waals surface area contributed by atoms with Crippen LogP contribution in [0.2, 0.25) is 0 Å². The molecule has 0 saturated heterocycles. The Morgan fingerprint density at radius 1 is 1.00 bits per heavy atom. The largest absolute Gasteiger partial charge is 0.417 e. The Morgan fingerprint density at radius 2 is 1.83 bits per heavy atom. The fourth-order valence-corrected chi connectivity index (χ4v) is 2.03. The van der Waals surface area contributed by atoms with E-state index in [9.17, 15) is 0 Å². The second-order valence-electron chi connectivity index (χ2n) is 3.92. The zero-order valence-corrected chi connectivity index (χ0v) is 9.32. The molecule has 86 valence electrons. The van der Waals surface area contributed by atoms with Gasteiger partial charge in [0.2, 0.25) is 11.4 Å². The predicted molar refractivity (Wildman–Crippen MR) is 66.4 cm³/mol. The average Bonchev–Trinajstić information content (AvgIpc) is 2.98. The summed E-state index contributed by atoms with van der Waals surface area (Å²) in [6, 6.07) is 9.83. The first kappa shape index (κ1) is 9.35. The van der Waals surface area contributed by atoms with Crippen molar-refractivity contribution in [3.8, 4) is 5.69 Å². The molecular formula is C13H8N4O. The highest BCUT2D eigenvalue weighted by Crippen LogP contribution is 2.26. The molecule has 0 bridgehead atoms. The Balaban J connectivity index is 2.08. The summed E-state index contributed by atoms with van der Waals surface area (Å²) in [4.78, 5) is 8.42. The van der Waals surface area contributed by atoms with Gasteiger partial charge in [-0.2, -0.15) is 5.10 Å². The highest BCUT2D eigenvalue weighted by Gasteiger charge is 2.14. The molecule has 0 radical (unpaired) electrons. The molecule has 0 N–H and O–H groups in total. The second kappa shape index (κ2) is 3.40. The van der Waals surface area contributed by atoms with Gasteiger partial charge in [-0.15, -0.1) is 0 Å². The Bertz CT molecular complexity index is 832. The van der Waals surface area contributed by atoms with Crippen LogP contribution in [0.25, 0.3) is 28.0 Å². The van der Waals surface area contributed by atoms with Gasteiger partial charge in [-0.05, 0) is 12.1 Å². The maximum atomic E-state index is 5.70. The van der Waals surface area contributed by atoms with E-state index in [2.05, 4.69) is 15.1 Å². The summed E-state index contributed by atoms with van der Waals surface area (Å²) in [6.07, 6.45) is 5.02. The molecule has 5 nitrogen and oxygen atoms in total. The minimum Gasteiger partial charge on any atom is -0.417 e. The van der Waals surface area contributed by atoms with E-state index in [1.165, 1.54) is 0 Å². The van der Waals surface area contributed by atoms with Crippen molar-refractivity contribution in [3.05, 3.63) is 48.9 Å². The SMILES string of the molecule is c1ccc(-n2ncc3c4nccnc4oc32)cc1. The van der Waals surface area contributed by atoms with Gasteiger partial charge in [0.25, 0.3) is 0 Å². The lowest BCUT2D eigenvalue weighted by Gasteiger charge is -1.99. The number of nitrogens with zero attached hydrogens (tertiary/aromatic N) is 4. The summed E-state index contributed by atoms with van der Waals surface area (Å²) in [6.45, 7) is 0. The summed E-state index contributed by atoms with van der Waals surface area (Å²) in [5.74, 6) is 0. The molecule has 0 aliphatic heterocycles. The quantitative estimate of drug-likeness (QED) is 0.509. The van der Waals surface area contributed by atoms with E-state index in [0.29, 0.717) is 11.4 Å². The van der Waals surface area contributed by atoms with Gasteiger partial charge >= 0.3 is 0 Å². The van der Waals surface area contributed by atoms with Gasteiger partial charge in [0, 0.05) is 12.4 Å². The second-order valence-corrected chi connectivity index (χ2v) is 3.92. The average molecular weight is 236 g/mol. The summed E-state index contributed by atoms with van der Waals surface area (Å²) in [5.41, 5.74) is 2.90. The maximum Gasteiger partial charge on any atom is 0.248 e. The molecule has 5 heteroatoms. The van der Waals surface area contributed by atoms with Crippen LogP contribution in [0.4, 0.5) is 0 Å². The third kappa shape index (κ3) is 1.18. The minimum absolute atomic E-state index is 0.537. The fourth-order valence-electron chi connectivity index (χ4n) is 2.03. The third-order valence-electron chi connectivity index (χ3n) is 2.84. The van der Waals surface area contributed by atoms with Gasteiger partial charge in [0.1, 0.15) is 5.52 Å². The van der Waals surface area contributed by atoms with Crippen LogP contribution >= 0.6 is 0 Å². The first-order chi connectivity index (χ1) is 8.93. The molecule has 1 aromatic carbocycles. The molecule has 0 saturated carbocycles. The van der Waals surface area contributed by atoms with Crippen molar-refractivity contribution in [1.82, 2.24) is 19.7 Å². The number of furan rings is 1. The van der Waals surface area contributed by atoms with Crippen molar-refractivity contribution in [1.29, 1.82) is 0 Å². The maximum absolute atomic E-state index is 5.70. The number of benzene rings is 1. The normalized spacial score (nSPS) is 11.3. The van der Waals surface area contributed by atoms with E-state index >= 15 is 0 Å². The van der Waals surface area contributed by atoms with E-state index in [-0.39, 0.29) is 0 Å². The molecule has 0 atom stereocenters. The monoisotopic (exact) mass is 236 g/mol. The van der Waals surface area contributed by atoms with Crippen LogP contribution in [0.5, 0.6) is 0 Å². The number of rotatable bonds is 1. The molecule has 3 heterocycles. The van der Waals surface area contributed by atoms with Gasteiger partial charge in [-0.1, -0.05) is 18.2 Å². The van der Waals surface area contributed by atoms with Gasteiger partial charge in [0.15, 0.2) is 0 Å². The van der Waals surface area contributed by atoms with Crippen molar-refractivity contribution in [3.63, 3.8) is 0 Å². The molecule has 0 aliphatic carbocycles. The number of aromatic nitrogens is 4. The summed E-state index contributed by atoms with van der Waals surface area (Å²) in [7, 11) is 0. The topological polar surface area (TPSA) is 56.7 Å². The Labute approximate surface area is 102 Å². The molecule has 18 heavy (non-hydrogen) atoms. The Hall–Kier alpha value is -2.69. The van der Waals surface area contributed by atoms with Gasteiger partial charge in [0.05, 0.1) is 17.3 Å². The van der Waals surface area contributed by atoms with E-state index in [1.807, 2.05) is 30.3 Å². The molecule has 0 aliphatic rings. The van der Waals surface area contributed by atoms with Crippen LogP contribution in [0, 0.1) is 0 Å². The van der Waals surface area contributed by atoms with Crippen molar-refractivity contribution in [2.24, 2.45) is 0 Å². The van der Waals surface area contributed by atoms with Crippen LogP contribution in [0.3, 0.4) is 0 Å². The van der Waals surface area contributed by atoms with Crippen LogP contribution in [-0.2, 0) is 0 Å². The first-order valence-electron chi connectivity index (χ1n) is 5.56. The van der Waals surface area contributed by atoms with Crippen LogP contribution in [0.15, 0.2) is 53.3 Å². The zero-order valence-electron chi connectivity index (χ0n) is 9.32. The number of hydrogen-bond donors (Lipinski definition) is 0. The van der Waals surface area contributed by atoms with Crippen LogP contribution in [0.1, 0.15) is 0 Å². The Kier molecular flexibility index (Phi) is 1.77. The van der Waals surface area contributed by atoms with E-state index < -0.39 is 0 Å². The molecule has 3 aromatic heterocycles. The van der Waals surface area contributed by atoms with E-state index in [4.69, 9.17) is 4.42 Å². The molecule has 0 unspecified atom stereocenters. The molecule has 4 rings (SSSR count). The van der Waals surface area contributed by atoms with Crippen LogP contribution < -0.4 is 0 Å². The molecule has 0 spiro atoms. The van der Waals surface area contributed by atoms with Crippen LogP contribution in [-0.4, -0.2) is 19.7 Å². The van der Waals surface area contributed by atoms with Crippen molar-refractivity contribution < 1.29 is 4.42 Å². The first-order valence-corrected chi connectivity index (χ1v) is 5.56. The molecular weight excluding hydrogens is 228 g/mol. The fraction of sp³-hybridized carbons (Fsp3) is 0. The lowest BCUT2D eigenvalue weighted by atomic mass is 10.3. The predicted octanol–water partition coefficient (Wildman–Crippen LogP) is 2.56. The Morgan fingerprint density at radius 3 is 2.72 bits per heavy atom. The molecule has 0 amide bonds. The van der Waals surface area contributed by atoms with E-state index in [1.54, 1.807) is 23.3 Å². The highest BCUT2D eigenvalue weighted by atomic mass is 16.4. The zero-order chi connectivity index (χ0) is 11.9. The van der Waals surface area contributed by atoms with Gasteiger partial charge in [-0.3, -0.25) is 0 Å². The van der Waals surface area contributed by atoms with Gasteiger partial charge < -0.3 is 4.42 Å².